The molecule has 0 aliphatic carbocycles. The molecule has 2 aromatic rings. The van der Waals surface area contributed by atoms with E-state index in [0.29, 0.717) is 17.1 Å². The van der Waals surface area contributed by atoms with E-state index >= 15 is 0 Å². The lowest BCUT2D eigenvalue weighted by Crippen LogP contribution is -2.06. The van der Waals surface area contributed by atoms with E-state index in [1.807, 2.05) is 18.2 Å². The first-order valence-corrected chi connectivity index (χ1v) is 4.77. The molecule has 2 aromatic heterocycles. The van der Waals surface area contributed by atoms with Gasteiger partial charge < -0.3 is 10.2 Å². The average molecular weight is 216 g/mol. The van der Waals surface area contributed by atoms with Crippen LogP contribution in [0.25, 0.3) is 11.4 Å². The third-order valence-electron chi connectivity index (χ3n) is 2.16. The maximum absolute atomic E-state index is 5.34. The molecule has 2 rings (SSSR count). The molecule has 0 atom stereocenters. The molecule has 0 bridgehead atoms. The fourth-order valence-corrected chi connectivity index (χ4v) is 1.40. The molecule has 3 N–H and O–H groups in total. The summed E-state index contributed by atoms with van der Waals surface area (Å²) >= 11 is 0. The van der Waals surface area contributed by atoms with Gasteiger partial charge in [0.25, 0.3) is 0 Å². The van der Waals surface area contributed by atoms with Gasteiger partial charge in [-0.1, -0.05) is 0 Å². The van der Waals surface area contributed by atoms with E-state index in [0.717, 1.165) is 5.69 Å². The molecule has 0 aliphatic heterocycles. The van der Waals surface area contributed by atoms with Gasteiger partial charge in [-0.15, -0.1) is 0 Å². The number of hydrazine groups is 1. The highest BCUT2D eigenvalue weighted by molar-refractivity contribution is 5.65. The fraction of sp³-hybridized carbons (Fsp3) is 0.0909. The highest BCUT2D eigenvalue weighted by Gasteiger charge is 2.07. The van der Waals surface area contributed by atoms with E-state index in [1.165, 1.54) is 0 Å². The molecule has 0 saturated heterocycles. The number of hydrogen-bond acceptors (Lipinski definition) is 5. The van der Waals surface area contributed by atoms with E-state index < -0.39 is 0 Å². The van der Waals surface area contributed by atoms with Crippen LogP contribution in [0.15, 0.2) is 36.7 Å². The van der Waals surface area contributed by atoms with E-state index in [1.54, 1.807) is 25.6 Å². The second-order valence-corrected chi connectivity index (χ2v) is 3.13. The number of aromatic nitrogens is 2. The largest absolute Gasteiger partial charge is 0.494 e. The number of ether oxygens (including phenoxy) is 1. The summed E-state index contributed by atoms with van der Waals surface area (Å²) in [4.78, 5) is 8.47. The molecular formula is C11H12N4O. The number of pyridine rings is 2. The van der Waals surface area contributed by atoms with Crippen LogP contribution in [0.4, 0.5) is 5.69 Å². The number of nitrogen functional groups attached to an aromatic ring is 1. The van der Waals surface area contributed by atoms with Crippen LogP contribution in [0.3, 0.4) is 0 Å². The summed E-state index contributed by atoms with van der Waals surface area (Å²) in [5.41, 5.74) is 4.75. The Hall–Kier alpha value is -2.14. The van der Waals surface area contributed by atoms with Crippen LogP contribution >= 0.6 is 0 Å². The number of anilines is 1. The Kier molecular flexibility index (Phi) is 2.98. The zero-order valence-corrected chi connectivity index (χ0v) is 8.84. The van der Waals surface area contributed by atoms with Crippen molar-refractivity contribution < 1.29 is 4.74 Å². The Morgan fingerprint density at radius 1 is 1.25 bits per heavy atom. The molecule has 2 heterocycles. The maximum atomic E-state index is 5.34. The summed E-state index contributed by atoms with van der Waals surface area (Å²) < 4.78 is 5.22. The molecule has 0 aliphatic rings. The van der Waals surface area contributed by atoms with Gasteiger partial charge in [-0.3, -0.25) is 15.8 Å². The number of rotatable bonds is 3. The number of nitrogens with zero attached hydrogens (tertiary/aromatic N) is 2. The fourth-order valence-electron chi connectivity index (χ4n) is 1.40. The predicted octanol–water partition coefficient (Wildman–Crippen LogP) is 1.44. The Balaban J connectivity index is 2.49. The van der Waals surface area contributed by atoms with Crippen LogP contribution in [0.1, 0.15) is 0 Å². The van der Waals surface area contributed by atoms with Gasteiger partial charge in [0.1, 0.15) is 11.4 Å². The topological polar surface area (TPSA) is 73.1 Å². The minimum absolute atomic E-state index is 0.684. The zero-order chi connectivity index (χ0) is 11.4. The lowest BCUT2D eigenvalue weighted by Gasteiger charge is -2.07. The second-order valence-electron chi connectivity index (χ2n) is 3.13. The molecule has 5 heteroatoms. The Morgan fingerprint density at radius 2 is 2.12 bits per heavy atom. The SMILES string of the molecule is COc1cccnc1-c1cc(NN)ccn1. The lowest BCUT2D eigenvalue weighted by molar-refractivity contribution is 0.414. The van der Waals surface area contributed by atoms with E-state index in [4.69, 9.17) is 10.6 Å². The molecular weight excluding hydrogens is 204 g/mol. The van der Waals surface area contributed by atoms with Crippen molar-refractivity contribution in [3.8, 4) is 17.1 Å². The third-order valence-corrected chi connectivity index (χ3v) is 2.16. The summed E-state index contributed by atoms with van der Waals surface area (Å²) in [6.07, 6.45) is 3.36. The van der Waals surface area contributed by atoms with Crippen LogP contribution in [0, 0.1) is 0 Å². The highest BCUT2D eigenvalue weighted by atomic mass is 16.5. The molecule has 0 spiro atoms. The molecule has 16 heavy (non-hydrogen) atoms. The van der Waals surface area contributed by atoms with Crippen LogP contribution in [-0.2, 0) is 0 Å². The first-order chi connectivity index (χ1) is 7.85. The third kappa shape index (κ3) is 1.94. The normalized spacial score (nSPS) is 9.88. The van der Waals surface area contributed by atoms with Gasteiger partial charge in [0.15, 0.2) is 0 Å². The van der Waals surface area contributed by atoms with Crippen LogP contribution in [0.5, 0.6) is 5.75 Å². The summed E-state index contributed by atoms with van der Waals surface area (Å²) in [6, 6.07) is 7.24. The minimum Gasteiger partial charge on any atom is -0.494 e. The van der Waals surface area contributed by atoms with E-state index in [2.05, 4.69) is 15.4 Å². The zero-order valence-electron chi connectivity index (χ0n) is 8.84. The van der Waals surface area contributed by atoms with Crippen molar-refractivity contribution >= 4 is 5.69 Å². The van der Waals surface area contributed by atoms with Crippen LogP contribution in [0.2, 0.25) is 0 Å². The highest BCUT2D eigenvalue weighted by Crippen LogP contribution is 2.26. The van der Waals surface area contributed by atoms with Crippen molar-refractivity contribution in [2.45, 2.75) is 0 Å². The number of nitrogens with two attached hydrogens (primary N) is 1. The summed E-state index contributed by atoms with van der Waals surface area (Å²) in [5.74, 6) is 6.02. The van der Waals surface area contributed by atoms with Crippen molar-refractivity contribution in [2.24, 2.45) is 5.84 Å². The van der Waals surface area contributed by atoms with Crippen molar-refractivity contribution in [1.82, 2.24) is 9.97 Å². The van der Waals surface area contributed by atoms with Crippen LogP contribution < -0.4 is 16.0 Å². The molecule has 82 valence electrons. The summed E-state index contributed by atoms with van der Waals surface area (Å²) in [5, 5.41) is 0. The quantitative estimate of drug-likeness (QED) is 0.600. The predicted molar refractivity (Wildman–Crippen MR) is 61.8 cm³/mol. The second kappa shape index (κ2) is 4.59. The summed E-state index contributed by atoms with van der Waals surface area (Å²) in [6.45, 7) is 0. The lowest BCUT2D eigenvalue weighted by atomic mass is 10.2. The van der Waals surface area contributed by atoms with Gasteiger partial charge in [0.05, 0.1) is 18.5 Å². The molecule has 0 fully saturated rings. The monoisotopic (exact) mass is 216 g/mol. The standard InChI is InChI=1S/C11H12N4O/c1-16-10-3-2-5-14-11(10)9-7-8(15-12)4-6-13-9/h2-7H,12H2,1H3,(H,13,15). The van der Waals surface area contributed by atoms with Crippen molar-refractivity contribution in [3.63, 3.8) is 0 Å². The molecule has 0 amide bonds. The Labute approximate surface area is 93.3 Å². The van der Waals surface area contributed by atoms with Gasteiger partial charge >= 0.3 is 0 Å². The smallest absolute Gasteiger partial charge is 0.146 e. The van der Waals surface area contributed by atoms with Gasteiger partial charge in [-0.25, -0.2) is 0 Å². The van der Waals surface area contributed by atoms with Crippen molar-refractivity contribution in [1.29, 1.82) is 0 Å². The number of hydrogen-bond donors (Lipinski definition) is 2. The van der Waals surface area contributed by atoms with Gasteiger partial charge in [-0.2, -0.15) is 0 Å². The van der Waals surface area contributed by atoms with Crippen molar-refractivity contribution in [3.05, 3.63) is 36.7 Å². The first kappa shape index (κ1) is 10.4. The van der Waals surface area contributed by atoms with E-state index in [-0.39, 0.29) is 0 Å². The molecule has 5 nitrogen and oxygen atoms in total. The number of nitrogens with one attached hydrogen (secondary N) is 1. The van der Waals surface area contributed by atoms with Gasteiger partial charge in [-0.05, 0) is 24.3 Å². The average Bonchev–Trinajstić information content (AvgIpc) is 2.38. The molecule has 0 radical (unpaired) electrons. The van der Waals surface area contributed by atoms with Crippen molar-refractivity contribution in [2.75, 3.05) is 12.5 Å². The van der Waals surface area contributed by atoms with Gasteiger partial charge in [0.2, 0.25) is 0 Å². The van der Waals surface area contributed by atoms with E-state index in [9.17, 15) is 0 Å². The molecule has 0 unspecified atom stereocenters. The minimum atomic E-state index is 0.684. The molecule has 0 saturated carbocycles. The molecule has 0 aromatic carbocycles. The first-order valence-electron chi connectivity index (χ1n) is 4.77. The Morgan fingerprint density at radius 3 is 2.88 bits per heavy atom. The maximum Gasteiger partial charge on any atom is 0.146 e. The Bertz CT molecular complexity index is 487. The number of methoxy groups -OCH3 is 1. The van der Waals surface area contributed by atoms with Crippen LogP contribution in [-0.4, -0.2) is 17.1 Å². The van der Waals surface area contributed by atoms with Gasteiger partial charge in [0, 0.05) is 12.4 Å². The summed E-state index contributed by atoms with van der Waals surface area (Å²) in [7, 11) is 1.60.